The topological polar surface area (TPSA) is 111 Å². The summed E-state index contributed by atoms with van der Waals surface area (Å²) in [6.45, 7) is 9.72. The highest BCUT2D eigenvalue weighted by molar-refractivity contribution is 5.99. The quantitative estimate of drug-likeness (QED) is 0.109. The van der Waals surface area contributed by atoms with Crippen molar-refractivity contribution in [1.29, 1.82) is 0 Å². The molecule has 8 heteroatoms. The summed E-state index contributed by atoms with van der Waals surface area (Å²) in [7, 11) is 0. The molecule has 0 aliphatic rings. The largest absolute Gasteiger partial charge is 0.494 e. The maximum Gasteiger partial charge on any atom is 0.343 e. The number of rotatable bonds is 15. The van der Waals surface area contributed by atoms with Gasteiger partial charge in [0.15, 0.2) is 5.78 Å². The molecule has 0 aromatic heterocycles. The minimum absolute atomic E-state index is 0.130. The minimum atomic E-state index is -0.742. The van der Waals surface area contributed by atoms with Crippen molar-refractivity contribution >= 4 is 29.3 Å². The summed E-state index contributed by atoms with van der Waals surface area (Å²) in [5.41, 5.74) is 1.61. The molecule has 0 saturated heterocycles. The van der Waals surface area contributed by atoms with E-state index in [9.17, 15) is 19.2 Å². The van der Waals surface area contributed by atoms with Gasteiger partial charge in [0.1, 0.15) is 11.5 Å². The van der Waals surface area contributed by atoms with Crippen molar-refractivity contribution in [3.63, 3.8) is 0 Å². The zero-order valence-corrected chi connectivity index (χ0v) is 26.4. The first-order valence-corrected chi connectivity index (χ1v) is 15.2. The van der Waals surface area contributed by atoms with E-state index in [0.29, 0.717) is 29.2 Å². The molecule has 3 rings (SSSR count). The molecule has 0 aliphatic carbocycles. The third-order valence-corrected chi connectivity index (χ3v) is 7.06. The number of amides is 2. The number of hydrogen-bond acceptors (Lipinski definition) is 6. The molecule has 2 N–H and O–H groups in total. The van der Waals surface area contributed by atoms with E-state index in [1.54, 1.807) is 72.8 Å². The molecular weight excluding hydrogens is 556 g/mol. The molecule has 0 bridgehead atoms. The van der Waals surface area contributed by atoms with Crippen LogP contribution < -0.4 is 20.1 Å². The van der Waals surface area contributed by atoms with Crippen molar-refractivity contribution in [2.24, 2.45) is 5.41 Å². The van der Waals surface area contributed by atoms with Crippen LogP contribution in [0.25, 0.3) is 0 Å². The van der Waals surface area contributed by atoms with Crippen LogP contribution >= 0.6 is 0 Å². The second-order valence-corrected chi connectivity index (χ2v) is 11.9. The van der Waals surface area contributed by atoms with Crippen LogP contribution in [0, 0.1) is 5.41 Å². The average molecular weight is 601 g/mol. The molecule has 0 spiro atoms. The highest BCUT2D eigenvalue weighted by atomic mass is 16.5. The third-order valence-electron chi connectivity index (χ3n) is 7.06. The Labute approximate surface area is 260 Å². The number of ketones is 1. The smallest absolute Gasteiger partial charge is 0.343 e. The summed E-state index contributed by atoms with van der Waals surface area (Å²) in [5.74, 6) is -0.111. The fourth-order valence-corrected chi connectivity index (χ4v) is 4.24. The van der Waals surface area contributed by atoms with Crippen LogP contribution in [0.1, 0.15) is 93.0 Å². The van der Waals surface area contributed by atoms with Gasteiger partial charge in [-0.25, -0.2) is 4.79 Å². The van der Waals surface area contributed by atoms with Crippen molar-refractivity contribution in [2.45, 2.75) is 79.2 Å². The van der Waals surface area contributed by atoms with Gasteiger partial charge in [0, 0.05) is 16.7 Å². The SMILES string of the molecule is CCCCCCCOc1ccc(C(=O)Oc2ccc(C[C@H](NC(=O)c3ccc(NC(=O)C(C)(C)C)cc3)C(C)=O)cc2)cc1. The Morgan fingerprint density at radius 2 is 1.34 bits per heavy atom. The Balaban J connectivity index is 1.50. The summed E-state index contributed by atoms with van der Waals surface area (Å²) < 4.78 is 11.3. The van der Waals surface area contributed by atoms with E-state index >= 15 is 0 Å². The van der Waals surface area contributed by atoms with Crippen molar-refractivity contribution in [3.05, 3.63) is 89.5 Å². The van der Waals surface area contributed by atoms with E-state index < -0.39 is 23.3 Å². The average Bonchev–Trinajstić information content (AvgIpc) is 2.99. The zero-order chi connectivity index (χ0) is 32.1. The number of esters is 1. The molecule has 44 heavy (non-hydrogen) atoms. The number of carbonyl (C=O) groups excluding carboxylic acids is 4. The van der Waals surface area contributed by atoms with E-state index in [0.717, 1.165) is 24.2 Å². The number of anilines is 1. The highest BCUT2D eigenvalue weighted by Gasteiger charge is 2.22. The Kier molecular flexibility index (Phi) is 12.7. The van der Waals surface area contributed by atoms with E-state index in [1.165, 1.54) is 26.2 Å². The lowest BCUT2D eigenvalue weighted by Gasteiger charge is -2.18. The van der Waals surface area contributed by atoms with Crippen LogP contribution in [0.15, 0.2) is 72.8 Å². The fourth-order valence-electron chi connectivity index (χ4n) is 4.24. The Bertz CT molecular complexity index is 1390. The lowest BCUT2D eigenvalue weighted by molar-refractivity contribution is -0.123. The second kappa shape index (κ2) is 16.4. The molecule has 0 aliphatic heterocycles. The number of carbonyl (C=O) groups is 4. The first-order chi connectivity index (χ1) is 21.0. The van der Waals surface area contributed by atoms with Crippen LogP contribution in [0.2, 0.25) is 0 Å². The van der Waals surface area contributed by atoms with Crippen LogP contribution in [0.5, 0.6) is 11.5 Å². The Morgan fingerprint density at radius 3 is 1.93 bits per heavy atom. The normalized spacial score (nSPS) is 11.8. The van der Waals surface area contributed by atoms with Gasteiger partial charge >= 0.3 is 5.97 Å². The van der Waals surface area contributed by atoms with Gasteiger partial charge in [0.2, 0.25) is 5.91 Å². The summed E-state index contributed by atoms with van der Waals surface area (Å²) >= 11 is 0. The van der Waals surface area contributed by atoms with Gasteiger partial charge in [-0.1, -0.05) is 65.5 Å². The van der Waals surface area contributed by atoms with Crippen LogP contribution in [-0.4, -0.2) is 36.2 Å². The molecule has 3 aromatic rings. The van der Waals surface area contributed by atoms with Gasteiger partial charge in [-0.15, -0.1) is 0 Å². The zero-order valence-electron chi connectivity index (χ0n) is 26.4. The number of unbranched alkanes of at least 4 members (excludes halogenated alkanes) is 4. The minimum Gasteiger partial charge on any atom is -0.494 e. The number of benzene rings is 3. The maximum atomic E-state index is 12.9. The molecule has 234 valence electrons. The molecule has 8 nitrogen and oxygen atoms in total. The van der Waals surface area contributed by atoms with Crippen LogP contribution in [-0.2, 0) is 16.0 Å². The first-order valence-electron chi connectivity index (χ1n) is 15.2. The molecule has 0 fully saturated rings. The molecule has 0 saturated carbocycles. The number of Topliss-reactive ketones (excluding diaryl/α,β-unsaturated/α-hetero) is 1. The molecule has 0 heterocycles. The summed E-state index contributed by atoms with van der Waals surface area (Å²) in [5, 5.41) is 5.61. The van der Waals surface area contributed by atoms with E-state index in [4.69, 9.17) is 9.47 Å². The lowest BCUT2D eigenvalue weighted by atomic mass is 9.95. The van der Waals surface area contributed by atoms with Crippen molar-refractivity contribution in [2.75, 3.05) is 11.9 Å². The maximum absolute atomic E-state index is 12.9. The summed E-state index contributed by atoms with van der Waals surface area (Å²) in [4.78, 5) is 50.0. The van der Waals surface area contributed by atoms with Crippen LogP contribution in [0.4, 0.5) is 5.69 Å². The molecule has 2 amide bonds. The lowest BCUT2D eigenvalue weighted by Crippen LogP contribution is -2.41. The molecule has 0 radical (unpaired) electrons. The second-order valence-electron chi connectivity index (χ2n) is 11.9. The molecule has 0 unspecified atom stereocenters. The van der Waals surface area contributed by atoms with Gasteiger partial charge in [-0.2, -0.15) is 0 Å². The van der Waals surface area contributed by atoms with E-state index in [1.807, 2.05) is 20.8 Å². The van der Waals surface area contributed by atoms with Crippen LogP contribution in [0.3, 0.4) is 0 Å². The first kappa shape index (κ1) is 34.0. The van der Waals surface area contributed by atoms with Gasteiger partial charge in [-0.05, 0) is 86.0 Å². The van der Waals surface area contributed by atoms with E-state index in [2.05, 4.69) is 17.6 Å². The predicted molar refractivity (Wildman–Crippen MR) is 172 cm³/mol. The predicted octanol–water partition coefficient (Wildman–Crippen LogP) is 7.17. The standard InChI is InChI=1S/C36H44N2O6/c1-6-7-8-9-10-23-43-30-21-15-28(16-22-30)34(41)44-31-19-11-26(12-20-31)24-32(25(2)39)38-33(40)27-13-17-29(18-14-27)37-35(42)36(3,4)5/h11-22,32H,6-10,23-24H2,1-5H3,(H,37,42)(H,38,40)/t32-/m0/s1. The fraction of sp³-hybridized carbons (Fsp3) is 0.389. The number of hydrogen-bond donors (Lipinski definition) is 2. The van der Waals surface area contributed by atoms with Crippen molar-refractivity contribution < 1.29 is 28.7 Å². The number of nitrogens with one attached hydrogen (secondary N) is 2. The van der Waals surface area contributed by atoms with Gasteiger partial charge in [0.05, 0.1) is 18.2 Å². The van der Waals surface area contributed by atoms with E-state index in [-0.39, 0.29) is 18.1 Å². The number of ether oxygens (including phenoxy) is 2. The Hall–Kier alpha value is -4.46. The molecule has 1 atom stereocenters. The van der Waals surface area contributed by atoms with Gasteiger partial charge in [-0.3, -0.25) is 14.4 Å². The molecule has 3 aromatic carbocycles. The van der Waals surface area contributed by atoms with Crippen molar-refractivity contribution in [3.8, 4) is 11.5 Å². The summed E-state index contributed by atoms with van der Waals surface area (Å²) in [6.07, 6.45) is 6.10. The third kappa shape index (κ3) is 11.0. The van der Waals surface area contributed by atoms with Gasteiger partial charge < -0.3 is 20.1 Å². The molecular formula is C36H44N2O6. The monoisotopic (exact) mass is 600 g/mol. The highest BCUT2D eigenvalue weighted by Crippen LogP contribution is 2.20. The Morgan fingerprint density at radius 1 is 0.750 bits per heavy atom. The van der Waals surface area contributed by atoms with Crippen molar-refractivity contribution in [1.82, 2.24) is 5.32 Å². The van der Waals surface area contributed by atoms with Gasteiger partial charge in [0.25, 0.3) is 5.91 Å². The summed E-state index contributed by atoms with van der Waals surface area (Å²) in [6, 6.07) is 19.5.